The Labute approximate surface area is 401 Å². The van der Waals surface area contributed by atoms with E-state index in [1.165, 1.54) is 19.2 Å². The largest absolute Gasteiger partial charge is 0.459 e. The molecule has 2 N–H and O–H groups in total. The van der Waals surface area contributed by atoms with Gasteiger partial charge in [0, 0.05) is 48.1 Å². The Morgan fingerprint density at radius 1 is 0.956 bits per heavy atom. The third-order valence-corrected chi connectivity index (χ3v) is 14.2. The molecule has 0 spiro atoms. The first-order chi connectivity index (χ1) is 33.2. The number of unbranched alkanes of at least 4 members (excludes halogenated alkanes) is 2. The minimum atomic E-state index is -1.52. The topological polar surface area (TPSA) is 162 Å². The number of nitrogens with zero attached hydrogens (tertiary/aromatic N) is 3. The fourth-order valence-electron chi connectivity index (χ4n) is 10.4. The Kier molecular flexibility index (Phi) is 15.8. The number of hydrogen-bond donors (Lipinski definition) is 2. The second-order valence-electron chi connectivity index (χ2n) is 17.5. The van der Waals surface area contributed by atoms with Gasteiger partial charge < -0.3 is 34.0 Å². The molecule has 6 atom stereocenters. The number of amides is 1. The molecular formula is C54H59N3O10S. The number of nitro groups is 1. The van der Waals surface area contributed by atoms with Crippen molar-refractivity contribution in [3.8, 4) is 17.2 Å². The highest BCUT2D eigenvalue weighted by molar-refractivity contribution is 7.98. The summed E-state index contributed by atoms with van der Waals surface area (Å²) in [7, 11) is 1.37. The van der Waals surface area contributed by atoms with Crippen LogP contribution in [0.2, 0.25) is 0 Å². The number of thioether (sulfide) groups is 1. The average molecular weight is 942 g/mol. The number of benzene rings is 5. The lowest BCUT2D eigenvalue weighted by Crippen LogP contribution is -2.70. The number of rotatable bonds is 21. The maximum absolute atomic E-state index is 14.6. The van der Waals surface area contributed by atoms with E-state index >= 15 is 0 Å². The monoisotopic (exact) mass is 941 g/mol. The van der Waals surface area contributed by atoms with Gasteiger partial charge in [-0.2, -0.15) is 0 Å². The molecule has 1 heterocycles. The number of oxime groups is 1. The fraction of sp³-hybridized carbons (Fsp3) is 0.370. The van der Waals surface area contributed by atoms with Crippen molar-refractivity contribution >= 4 is 40.0 Å². The van der Waals surface area contributed by atoms with Crippen molar-refractivity contribution in [1.82, 2.24) is 4.90 Å². The van der Waals surface area contributed by atoms with Crippen LogP contribution in [0.5, 0.6) is 17.2 Å². The van der Waals surface area contributed by atoms with Crippen LogP contribution in [0.4, 0.5) is 10.5 Å². The molecule has 13 nitrogen and oxygen atoms in total. The van der Waals surface area contributed by atoms with Gasteiger partial charge in [0.05, 0.1) is 36.8 Å². The molecule has 1 amide bonds. The molecule has 2 aliphatic carbocycles. The Balaban J connectivity index is 1.33. The molecule has 1 aliphatic heterocycles. The molecule has 8 rings (SSSR count). The van der Waals surface area contributed by atoms with Crippen LogP contribution in [0.3, 0.4) is 0 Å². The maximum atomic E-state index is 14.6. The average Bonchev–Trinajstić information content (AvgIpc) is 3.36. The molecule has 68 heavy (non-hydrogen) atoms. The summed E-state index contributed by atoms with van der Waals surface area (Å²) in [5, 5.41) is 38.4. The third kappa shape index (κ3) is 10.3. The first-order valence-electron chi connectivity index (χ1n) is 23.3. The summed E-state index contributed by atoms with van der Waals surface area (Å²) in [5.74, 6) is -0.466. The van der Waals surface area contributed by atoms with Gasteiger partial charge in [0.15, 0.2) is 0 Å². The van der Waals surface area contributed by atoms with Crippen LogP contribution >= 0.6 is 11.8 Å². The van der Waals surface area contributed by atoms with Crippen LogP contribution in [0.25, 0.3) is 10.8 Å². The number of methoxy groups -OCH3 is 1. The van der Waals surface area contributed by atoms with Gasteiger partial charge in [-0.3, -0.25) is 15.0 Å². The zero-order valence-corrected chi connectivity index (χ0v) is 39.4. The summed E-state index contributed by atoms with van der Waals surface area (Å²) in [6.45, 7) is 4.46. The lowest BCUT2D eigenvalue weighted by atomic mass is 9.55. The second kappa shape index (κ2) is 22.3. The molecule has 0 bridgehead atoms. The predicted molar refractivity (Wildman–Crippen MR) is 263 cm³/mol. The Hall–Kier alpha value is -6.19. The van der Waals surface area contributed by atoms with Crippen molar-refractivity contribution in [2.45, 2.75) is 80.7 Å². The number of ether oxygens (including phenoxy) is 4. The van der Waals surface area contributed by atoms with Crippen molar-refractivity contribution in [2.75, 3.05) is 33.2 Å². The van der Waals surface area contributed by atoms with Crippen molar-refractivity contribution in [3.05, 3.63) is 160 Å². The van der Waals surface area contributed by atoms with Gasteiger partial charge in [-0.15, -0.1) is 18.3 Å². The lowest BCUT2D eigenvalue weighted by molar-refractivity contribution is -0.384. The predicted octanol–water partition coefficient (Wildman–Crippen LogP) is 11.4. The van der Waals surface area contributed by atoms with E-state index in [0.717, 1.165) is 58.1 Å². The molecule has 5 aromatic rings. The number of carbonyl (C=O) groups is 1. The molecule has 1 saturated carbocycles. The van der Waals surface area contributed by atoms with Crippen LogP contribution in [0.15, 0.2) is 144 Å². The molecule has 0 radical (unpaired) electrons. The molecule has 1 fully saturated rings. The molecular weight excluding hydrogens is 883 g/mol. The molecule has 356 valence electrons. The number of carbonyl (C=O) groups excluding carboxylic acids is 1. The van der Waals surface area contributed by atoms with Crippen molar-refractivity contribution in [2.24, 2.45) is 22.9 Å². The van der Waals surface area contributed by atoms with E-state index in [0.29, 0.717) is 41.4 Å². The van der Waals surface area contributed by atoms with Crippen LogP contribution in [-0.2, 0) is 27.5 Å². The van der Waals surface area contributed by atoms with E-state index in [-0.39, 0.29) is 62.8 Å². The zero-order valence-electron chi connectivity index (χ0n) is 38.5. The molecule has 5 aromatic carbocycles. The van der Waals surface area contributed by atoms with Gasteiger partial charge in [0.1, 0.15) is 29.9 Å². The summed E-state index contributed by atoms with van der Waals surface area (Å²) in [4.78, 5) is 34.6. The summed E-state index contributed by atoms with van der Waals surface area (Å²) >= 11 is 1.66. The van der Waals surface area contributed by atoms with Gasteiger partial charge in [-0.05, 0) is 126 Å². The fourth-order valence-corrected chi connectivity index (χ4v) is 10.8. The molecule has 0 saturated heterocycles. The number of non-ortho nitro benzene ring substituents is 1. The molecule has 0 aromatic heterocycles. The third-order valence-electron chi connectivity index (χ3n) is 13.5. The van der Waals surface area contributed by atoms with Gasteiger partial charge in [0.25, 0.3) is 5.69 Å². The van der Waals surface area contributed by atoms with Crippen molar-refractivity contribution < 1.29 is 43.7 Å². The highest BCUT2D eigenvalue weighted by Crippen LogP contribution is 2.62. The highest BCUT2D eigenvalue weighted by atomic mass is 32.2. The molecule has 3 aliphatic rings. The first kappa shape index (κ1) is 48.3. The minimum absolute atomic E-state index is 0.00651. The van der Waals surface area contributed by atoms with Crippen LogP contribution in [0.1, 0.15) is 67.6 Å². The first-order valence-corrected chi connectivity index (χ1v) is 24.5. The summed E-state index contributed by atoms with van der Waals surface area (Å²) in [6.07, 6.45) is 9.91. The summed E-state index contributed by atoms with van der Waals surface area (Å²) in [5.41, 5.74) is 3.95. The van der Waals surface area contributed by atoms with Gasteiger partial charge in [-0.25, -0.2) is 4.79 Å². The van der Waals surface area contributed by atoms with Gasteiger partial charge in [0.2, 0.25) is 5.79 Å². The number of allylic oxidation sites excluding steroid dienone is 1. The molecule has 0 unspecified atom stereocenters. The van der Waals surface area contributed by atoms with Crippen LogP contribution < -0.4 is 9.47 Å². The number of fused-ring (bicyclic) bond motifs is 3. The SMILES string of the molecule is C=CCO[C@@]12Oc3ccc(Oc4ccc(SC)cc4)cc3[C@H]3[C@H](CCCCO)[C@@H](CCCCO)C=C(C(=NOCc4ccc([N+](=O)[O-])cc4)C[C@@H]1N(Cc1cccc4ccccc14)C(=O)OC)[C@H]32. The van der Waals surface area contributed by atoms with E-state index in [1.807, 2.05) is 85.1 Å². The lowest BCUT2D eigenvalue weighted by Gasteiger charge is -2.59. The van der Waals surface area contributed by atoms with E-state index < -0.39 is 28.8 Å². The normalized spacial score (nSPS) is 22.0. The van der Waals surface area contributed by atoms with E-state index in [9.17, 15) is 25.1 Å². The second-order valence-corrected chi connectivity index (χ2v) is 18.4. The van der Waals surface area contributed by atoms with Crippen molar-refractivity contribution in [1.29, 1.82) is 0 Å². The summed E-state index contributed by atoms with van der Waals surface area (Å²) in [6, 6.07) is 33.2. The Morgan fingerprint density at radius 2 is 1.69 bits per heavy atom. The van der Waals surface area contributed by atoms with Crippen molar-refractivity contribution in [3.63, 3.8) is 0 Å². The zero-order chi connectivity index (χ0) is 47.6. The van der Waals surface area contributed by atoms with Gasteiger partial charge in [-0.1, -0.05) is 72.6 Å². The summed E-state index contributed by atoms with van der Waals surface area (Å²) < 4.78 is 26.8. The molecule has 14 heteroatoms. The van der Waals surface area contributed by atoms with E-state index in [1.54, 1.807) is 34.9 Å². The van der Waals surface area contributed by atoms with Crippen LogP contribution in [-0.4, -0.2) is 76.9 Å². The number of hydrogen-bond acceptors (Lipinski definition) is 12. The smallest absolute Gasteiger partial charge is 0.410 e. The highest BCUT2D eigenvalue weighted by Gasteiger charge is 2.65. The number of nitro benzene ring substituents is 1. The Morgan fingerprint density at radius 3 is 2.41 bits per heavy atom. The minimum Gasteiger partial charge on any atom is -0.459 e. The maximum Gasteiger partial charge on any atom is 0.410 e. The van der Waals surface area contributed by atoms with Gasteiger partial charge >= 0.3 is 6.09 Å². The number of aliphatic hydroxyl groups excluding tert-OH is 2. The Bertz CT molecular complexity index is 2620. The van der Waals surface area contributed by atoms with E-state index in [2.05, 4.69) is 18.7 Å². The standard InChI is InChI=1S/C54H59N3O10S/c1-4-30-64-54-50(56(53(60)63-2)34-39-15-11-14-37-12-5-6-16-44(37)39)33-48(55-65-35-36-18-20-40(21-19-36)57(61)62)46-31-38(13-7-9-28-58)45(17-8-10-29-59)51(52(46)54)47-32-42(24-27-49(47)67-54)66-41-22-25-43(68-3)26-23-41/h4-6,11-12,14-16,18-27,31-32,38,45,50-52,58-59H,1,7-10,13,17,28-30,33-35H2,2-3H3/t38-,45+,50-,51+,52+,54+/m0/s1. The van der Waals surface area contributed by atoms with Crippen LogP contribution in [0, 0.1) is 27.9 Å². The van der Waals surface area contributed by atoms with E-state index in [4.69, 9.17) is 28.9 Å². The quantitative estimate of drug-likeness (QED) is 0.0237. The number of aliphatic hydroxyl groups is 2.